The Hall–Kier alpha value is -3.78. The molecule has 4 aromatic rings. The second-order valence-electron chi connectivity index (χ2n) is 11.1. The second-order valence-corrected chi connectivity index (χ2v) is 11.1. The molecule has 2 aliphatic heterocycles. The topological polar surface area (TPSA) is 6.48 Å². The summed E-state index contributed by atoms with van der Waals surface area (Å²) >= 11 is 0. The number of rotatable bonds is 2. The lowest BCUT2D eigenvalue weighted by molar-refractivity contribution is 0.299. The monoisotopic (exact) mass is 454 g/mol. The van der Waals surface area contributed by atoms with E-state index in [1.807, 2.05) is 0 Å². The van der Waals surface area contributed by atoms with E-state index in [-0.39, 0.29) is 10.8 Å². The number of nitrogens with zero attached hydrogens (tertiary/aromatic N) is 2. The van der Waals surface area contributed by atoms with Crippen molar-refractivity contribution in [1.82, 2.24) is 0 Å². The van der Waals surface area contributed by atoms with Crippen molar-refractivity contribution >= 4 is 22.8 Å². The highest BCUT2D eigenvalue weighted by Crippen LogP contribution is 2.61. The summed E-state index contributed by atoms with van der Waals surface area (Å²) in [5.74, 6) is 0. The Morgan fingerprint density at radius 3 is 1.83 bits per heavy atom. The molecule has 4 aromatic carbocycles. The molecule has 0 bridgehead atoms. The molecule has 0 amide bonds. The molecule has 0 spiro atoms. The molecule has 0 fully saturated rings. The van der Waals surface area contributed by atoms with Crippen molar-refractivity contribution in [3.63, 3.8) is 0 Å². The molecule has 7 rings (SSSR count). The van der Waals surface area contributed by atoms with Crippen molar-refractivity contribution < 1.29 is 0 Å². The molecule has 1 aliphatic carbocycles. The van der Waals surface area contributed by atoms with Crippen LogP contribution in [0.4, 0.5) is 11.4 Å². The van der Waals surface area contributed by atoms with Crippen molar-refractivity contribution in [3.8, 4) is 11.1 Å². The SMILES string of the molecule is CC1(C)c2cccc3c2-c2c(cccc2C1(C)C)N1CN(c2ccccc2)C(c2ccccc2)=C31. The van der Waals surface area contributed by atoms with Crippen molar-refractivity contribution in [1.29, 1.82) is 0 Å². The Bertz CT molecular complexity index is 1510. The van der Waals surface area contributed by atoms with Crippen molar-refractivity contribution in [2.45, 2.75) is 38.5 Å². The lowest BCUT2D eigenvalue weighted by Crippen LogP contribution is -2.45. The van der Waals surface area contributed by atoms with Crippen LogP contribution in [0.2, 0.25) is 0 Å². The molecule has 0 radical (unpaired) electrons. The molecule has 0 saturated carbocycles. The number of fused-ring (bicyclic) bond motifs is 3. The van der Waals surface area contributed by atoms with Gasteiger partial charge >= 0.3 is 0 Å². The highest BCUT2D eigenvalue weighted by molar-refractivity contribution is 6.14. The molecule has 35 heavy (non-hydrogen) atoms. The Kier molecular flexibility index (Phi) is 4.05. The van der Waals surface area contributed by atoms with Crippen LogP contribution in [0.25, 0.3) is 22.5 Å². The van der Waals surface area contributed by atoms with Gasteiger partial charge in [-0.1, -0.05) is 107 Å². The molecule has 2 heteroatoms. The predicted octanol–water partition coefficient (Wildman–Crippen LogP) is 8.05. The minimum Gasteiger partial charge on any atom is -0.321 e. The number of anilines is 2. The van der Waals surface area contributed by atoms with Crippen LogP contribution in [-0.2, 0) is 10.8 Å². The number of hydrogen-bond acceptors (Lipinski definition) is 2. The summed E-state index contributed by atoms with van der Waals surface area (Å²) in [6.45, 7) is 10.5. The average molecular weight is 455 g/mol. The van der Waals surface area contributed by atoms with Crippen LogP contribution in [-0.4, -0.2) is 6.67 Å². The van der Waals surface area contributed by atoms with Gasteiger partial charge in [0.1, 0.15) is 6.67 Å². The fourth-order valence-corrected chi connectivity index (χ4v) is 6.48. The molecule has 0 unspecified atom stereocenters. The van der Waals surface area contributed by atoms with Crippen LogP contribution >= 0.6 is 0 Å². The van der Waals surface area contributed by atoms with Crippen LogP contribution in [0.5, 0.6) is 0 Å². The molecule has 2 heterocycles. The normalized spacial score (nSPS) is 18.4. The van der Waals surface area contributed by atoms with Crippen LogP contribution in [0.1, 0.15) is 49.9 Å². The van der Waals surface area contributed by atoms with E-state index in [1.54, 1.807) is 0 Å². The van der Waals surface area contributed by atoms with Gasteiger partial charge in [0.2, 0.25) is 0 Å². The van der Waals surface area contributed by atoms with Gasteiger partial charge in [0.05, 0.1) is 17.1 Å². The lowest BCUT2D eigenvalue weighted by Gasteiger charge is -2.51. The highest BCUT2D eigenvalue weighted by Gasteiger charge is 2.50. The Morgan fingerprint density at radius 2 is 1.14 bits per heavy atom. The fraction of sp³-hybridized carbons (Fsp3) is 0.212. The van der Waals surface area contributed by atoms with E-state index in [0.29, 0.717) is 0 Å². The van der Waals surface area contributed by atoms with E-state index in [1.165, 1.54) is 56.1 Å². The van der Waals surface area contributed by atoms with Crippen molar-refractivity contribution in [3.05, 3.63) is 119 Å². The summed E-state index contributed by atoms with van der Waals surface area (Å²) in [7, 11) is 0. The van der Waals surface area contributed by atoms with Crippen molar-refractivity contribution in [2.24, 2.45) is 0 Å². The Balaban J connectivity index is 1.61. The van der Waals surface area contributed by atoms with Gasteiger partial charge < -0.3 is 9.80 Å². The first kappa shape index (κ1) is 20.6. The zero-order valence-electron chi connectivity index (χ0n) is 20.8. The third kappa shape index (κ3) is 2.55. The zero-order valence-corrected chi connectivity index (χ0v) is 20.8. The van der Waals surface area contributed by atoms with Gasteiger partial charge in [-0.3, -0.25) is 0 Å². The van der Waals surface area contributed by atoms with Crippen LogP contribution < -0.4 is 9.80 Å². The first-order valence-corrected chi connectivity index (χ1v) is 12.6. The van der Waals surface area contributed by atoms with Gasteiger partial charge in [-0.05, 0) is 45.7 Å². The molecular weight excluding hydrogens is 424 g/mol. The van der Waals surface area contributed by atoms with Crippen LogP contribution in [0.3, 0.4) is 0 Å². The first-order valence-electron chi connectivity index (χ1n) is 12.6. The number of hydrogen-bond donors (Lipinski definition) is 0. The van der Waals surface area contributed by atoms with Gasteiger partial charge in [-0.25, -0.2) is 0 Å². The standard InChI is InChI=1S/C33H30N2/c1-32(2)25-18-11-17-24-28(25)29-26(33(32,3)4)19-12-20-27(29)35-21-34(23-15-9-6-10-16-23)30(31(24)35)22-13-7-5-8-14-22/h5-20H,21H2,1-4H3. The Morgan fingerprint density at radius 1 is 0.543 bits per heavy atom. The third-order valence-electron chi connectivity index (χ3n) is 8.97. The zero-order chi connectivity index (χ0) is 23.9. The minimum absolute atomic E-state index is 0.0112. The molecule has 3 aliphatic rings. The molecule has 0 saturated heterocycles. The van der Waals surface area contributed by atoms with E-state index >= 15 is 0 Å². The van der Waals surface area contributed by atoms with Gasteiger partial charge in [-0.15, -0.1) is 0 Å². The summed E-state index contributed by atoms with van der Waals surface area (Å²) in [5.41, 5.74) is 13.5. The largest absolute Gasteiger partial charge is 0.321 e. The quantitative estimate of drug-likeness (QED) is 0.302. The summed E-state index contributed by atoms with van der Waals surface area (Å²) in [5, 5.41) is 0. The molecular formula is C33H30N2. The maximum absolute atomic E-state index is 2.55. The maximum atomic E-state index is 2.55. The van der Waals surface area contributed by atoms with E-state index < -0.39 is 0 Å². The third-order valence-corrected chi connectivity index (χ3v) is 8.97. The second kappa shape index (κ2) is 6.88. The minimum atomic E-state index is 0.0112. The molecule has 0 atom stereocenters. The fourth-order valence-electron chi connectivity index (χ4n) is 6.48. The van der Waals surface area contributed by atoms with E-state index in [0.717, 1.165) is 6.67 Å². The smallest absolute Gasteiger partial charge is 0.100 e. The van der Waals surface area contributed by atoms with Gasteiger partial charge in [0, 0.05) is 22.4 Å². The maximum Gasteiger partial charge on any atom is 0.100 e. The summed E-state index contributed by atoms with van der Waals surface area (Å²) in [6, 6.07) is 35.6. The van der Waals surface area contributed by atoms with Gasteiger partial charge in [-0.2, -0.15) is 0 Å². The highest BCUT2D eigenvalue weighted by atomic mass is 15.4. The van der Waals surface area contributed by atoms with E-state index in [4.69, 9.17) is 0 Å². The molecule has 172 valence electrons. The predicted molar refractivity (Wildman–Crippen MR) is 147 cm³/mol. The van der Waals surface area contributed by atoms with E-state index in [9.17, 15) is 0 Å². The summed E-state index contributed by atoms with van der Waals surface area (Å²) in [6.07, 6.45) is 0. The number of benzene rings is 4. The van der Waals surface area contributed by atoms with Gasteiger partial charge in [0.25, 0.3) is 0 Å². The van der Waals surface area contributed by atoms with Crippen LogP contribution in [0, 0.1) is 0 Å². The van der Waals surface area contributed by atoms with Crippen LogP contribution in [0.15, 0.2) is 97.1 Å². The first-order chi connectivity index (χ1) is 16.9. The number of para-hydroxylation sites is 1. The molecule has 2 nitrogen and oxygen atoms in total. The Labute approximate surface area is 208 Å². The van der Waals surface area contributed by atoms with Crippen molar-refractivity contribution in [2.75, 3.05) is 16.5 Å². The summed E-state index contributed by atoms with van der Waals surface area (Å²) in [4.78, 5) is 5.03. The lowest BCUT2D eigenvalue weighted by atomic mass is 9.54. The summed E-state index contributed by atoms with van der Waals surface area (Å²) < 4.78 is 0. The molecule has 0 N–H and O–H groups in total. The molecule has 0 aromatic heterocycles. The van der Waals surface area contributed by atoms with Gasteiger partial charge in [0.15, 0.2) is 0 Å². The van der Waals surface area contributed by atoms with E-state index in [2.05, 4.69) is 135 Å². The average Bonchev–Trinajstić information content (AvgIpc) is 3.29.